The zero-order valence-corrected chi connectivity index (χ0v) is 16.0. The van der Waals surface area contributed by atoms with E-state index >= 15 is 0 Å². The standard InChI is InChI=1S/C18H31NO7/c1-4-25-17(20)16-10-14-9-15(26-12-24-8-7-22-2)6-5-13(14)11-19(16)18(21)23-3/h13-16H,4-12H2,1-3H3/t13-,14+,15+,16-/m0/s1. The molecule has 0 N–H and O–H groups in total. The van der Waals surface area contributed by atoms with E-state index in [0.29, 0.717) is 44.6 Å². The van der Waals surface area contributed by atoms with Gasteiger partial charge in [0, 0.05) is 13.7 Å². The molecule has 1 aliphatic heterocycles. The van der Waals surface area contributed by atoms with Crippen molar-refractivity contribution in [3.63, 3.8) is 0 Å². The van der Waals surface area contributed by atoms with E-state index in [1.165, 1.54) is 12.0 Å². The Bertz CT molecular complexity index is 459. The van der Waals surface area contributed by atoms with E-state index in [0.717, 1.165) is 19.3 Å². The highest BCUT2D eigenvalue weighted by atomic mass is 16.7. The van der Waals surface area contributed by atoms with Gasteiger partial charge in [0.2, 0.25) is 0 Å². The van der Waals surface area contributed by atoms with Gasteiger partial charge in [-0.25, -0.2) is 9.59 Å². The molecule has 1 heterocycles. The Hall–Kier alpha value is -1.38. The van der Waals surface area contributed by atoms with Crippen molar-refractivity contribution in [3.05, 3.63) is 0 Å². The van der Waals surface area contributed by atoms with Crippen molar-refractivity contribution in [1.82, 2.24) is 4.90 Å². The van der Waals surface area contributed by atoms with Gasteiger partial charge in [-0.3, -0.25) is 4.90 Å². The number of hydrogen-bond acceptors (Lipinski definition) is 7. The molecule has 0 radical (unpaired) electrons. The minimum atomic E-state index is -0.583. The van der Waals surface area contributed by atoms with Crippen molar-refractivity contribution in [2.45, 2.75) is 44.8 Å². The van der Waals surface area contributed by atoms with Crippen molar-refractivity contribution in [3.8, 4) is 0 Å². The van der Waals surface area contributed by atoms with Gasteiger partial charge in [-0.15, -0.1) is 0 Å². The maximum absolute atomic E-state index is 12.3. The molecule has 2 fully saturated rings. The Kier molecular flexibility index (Phi) is 8.61. The molecular formula is C18H31NO7. The highest BCUT2D eigenvalue weighted by Gasteiger charge is 2.44. The molecule has 8 nitrogen and oxygen atoms in total. The van der Waals surface area contributed by atoms with E-state index < -0.39 is 12.1 Å². The largest absolute Gasteiger partial charge is 0.464 e. The van der Waals surface area contributed by atoms with Crippen LogP contribution in [0.5, 0.6) is 0 Å². The van der Waals surface area contributed by atoms with E-state index in [4.69, 9.17) is 23.7 Å². The summed E-state index contributed by atoms with van der Waals surface area (Å²) >= 11 is 0. The fraction of sp³-hybridized carbons (Fsp3) is 0.889. The van der Waals surface area contributed by atoms with Gasteiger partial charge < -0.3 is 23.7 Å². The molecule has 1 saturated heterocycles. The van der Waals surface area contributed by atoms with Crippen LogP contribution < -0.4 is 0 Å². The van der Waals surface area contributed by atoms with Gasteiger partial charge in [-0.05, 0) is 44.4 Å². The van der Waals surface area contributed by atoms with Crippen LogP contribution in [-0.4, -0.2) is 76.5 Å². The molecule has 4 atom stereocenters. The van der Waals surface area contributed by atoms with Crippen LogP contribution in [0.1, 0.15) is 32.6 Å². The second-order valence-electron chi connectivity index (χ2n) is 6.77. The number of amides is 1. The minimum Gasteiger partial charge on any atom is -0.464 e. The molecule has 150 valence electrons. The van der Waals surface area contributed by atoms with Gasteiger partial charge in [0.15, 0.2) is 0 Å². The Morgan fingerprint density at radius 3 is 2.58 bits per heavy atom. The number of esters is 1. The van der Waals surface area contributed by atoms with E-state index in [-0.39, 0.29) is 18.9 Å². The summed E-state index contributed by atoms with van der Waals surface area (Å²) in [6.45, 7) is 3.89. The zero-order chi connectivity index (χ0) is 18.9. The lowest BCUT2D eigenvalue weighted by Crippen LogP contribution is -2.55. The first-order valence-corrected chi connectivity index (χ1v) is 9.30. The average molecular weight is 373 g/mol. The number of fused-ring (bicyclic) bond motifs is 1. The first-order valence-electron chi connectivity index (χ1n) is 9.30. The zero-order valence-electron chi connectivity index (χ0n) is 16.0. The van der Waals surface area contributed by atoms with Crippen LogP contribution in [0.2, 0.25) is 0 Å². The van der Waals surface area contributed by atoms with Crippen LogP contribution in [-0.2, 0) is 28.5 Å². The number of nitrogens with zero attached hydrogens (tertiary/aromatic N) is 1. The number of likely N-dealkylation sites (tertiary alicyclic amines) is 1. The Morgan fingerprint density at radius 1 is 1.08 bits per heavy atom. The molecule has 26 heavy (non-hydrogen) atoms. The summed E-state index contributed by atoms with van der Waals surface area (Å²) in [5.74, 6) is 0.319. The molecule has 1 aliphatic carbocycles. The second kappa shape index (κ2) is 10.7. The van der Waals surface area contributed by atoms with E-state index in [1.54, 1.807) is 14.0 Å². The SMILES string of the molecule is CCOC(=O)[C@@H]1C[C@H]2C[C@H](OCOCCOC)CC[C@H]2CN1C(=O)OC. The predicted molar refractivity (Wildman–Crippen MR) is 92.5 cm³/mol. The van der Waals surface area contributed by atoms with Crippen molar-refractivity contribution in [1.29, 1.82) is 0 Å². The van der Waals surface area contributed by atoms with Crippen molar-refractivity contribution in [2.24, 2.45) is 11.8 Å². The summed E-state index contributed by atoms with van der Waals surface area (Å²) in [7, 11) is 2.97. The number of hydrogen-bond donors (Lipinski definition) is 0. The number of carbonyl (C=O) groups is 2. The summed E-state index contributed by atoms with van der Waals surface area (Å²) in [5, 5.41) is 0. The van der Waals surface area contributed by atoms with Gasteiger partial charge in [0.1, 0.15) is 12.8 Å². The monoisotopic (exact) mass is 373 g/mol. The molecule has 0 aromatic rings. The summed E-state index contributed by atoms with van der Waals surface area (Å²) in [6, 6.07) is -0.583. The van der Waals surface area contributed by atoms with Crippen LogP contribution in [0.15, 0.2) is 0 Å². The normalized spacial score (nSPS) is 28.3. The molecular weight excluding hydrogens is 342 g/mol. The number of rotatable bonds is 8. The first-order chi connectivity index (χ1) is 12.6. The molecule has 0 aromatic heterocycles. The van der Waals surface area contributed by atoms with Crippen molar-refractivity contribution in [2.75, 3.05) is 47.4 Å². The van der Waals surface area contributed by atoms with Gasteiger partial charge in [0.25, 0.3) is 0 Å². The van der Waals surface area contributed by atoms with Crippen molar-refractivity contribution < 1.29 is 33.3 Å². The second-order valence-corrected chi connectivity index (χ2v) is 6.77. The van der Waals surface area contributed by atoms with E-state index in [2.05, 4.69) is 0 Å². The van der Waals surface area contributed by atoms with Crippen LogP contribution in [0.4, 0.5) is 4.79 Å². The lowest BCUT2D eigenvalue weighted by Gasteiger charge is -2.45. The maximum atomic E-state index is 12.3. The third-order valence-electron chi connectivity index (χ3n) is 5.21. The van der Waals surface area contributed by atoms with Crippen LogP contribution in [0.25, 0.3) is 0 Å². The van der Waals surface area contributed by atoms with Gasteiger partial charge >= 0.3 is 12.1 Å². The molecule has 1 saturated carbocycles. The number of carbonyl (C=O) groups excluding carboxylic acids is 2. The Labute approximate surface area is 155 Å². The van der Waals surface area contributed by atoms with E-state index in [1.807, 2.05) is 0 Å². The van der Waals surface area contributed by atoms with Gasteiger partial charge in [-0.2, -0.15) is 0 Å². The van der Waals surface area contributed by atoms with Gasteiger partial charge in [0.05, 0.1) is 33.0 Å². The predicted octanol–water partition coefficient (Wildman–Crippen LogP) is 1.81. The summed E-state index contributed by atoms with van der Waals surface area (Å²) in [4.78, 5) is 25.9. The molecule has 2 rings (SSSR count). The van der Waals surface area contributed by atoms with Crippen molar-refractivity contribution >= 4 is 12.1 Å². The third-order valence-corrected chi connectivity index (χ3v) is 5.21. The number of piperidine rings is 1. The summed E-state index contributed by atoms with van der Waals surface area (Å²) < 4.78 is 26.2. The summed E-state index contributed by atoms with van der Waals surface area (Å²) in [5.41, 5.74) is 0. The molecule has 0 spiro atoms. The highest BCUT2D eigenvalue weighted by Crippen LogP contribution is 2.40. The lowest BCUT2D eigenvalue weighted by atomic mass is 9.72. The molecule has 0 aromatic carbocycles. The molecule has 2 aliphatic rings. The molecule has 1 amide bonds. The molecule has 0 bridgehead atoms. The molecule has 8 heteroatoms. The lowest BCUT2D eigenvalue weighted by molar-refractivity contribution is -0.154. The average Bonchev–Trinajstić information content (AvgIpc) is 2.66. The Balaban J connectivity index is 1.90. The van der Waals surface area contributed by atoms with Gasteiger partial charge in [-0.1, -0.05) is 0 Å². The smallest absolute Gasteiger partial charge is 0.410 e. The quantitative estimate of drug-likeness (QED) is 0.364. The maximum Gasteiger partial charge on any atom is 0.410 e. The molecule has 0 unspecified atom stereocenters. The fourth-order valence-electron chi connectivity index (χ4n) is 3.88. The van der Waals surface area contributed by atoms with Crippen LogP contribution in [0, 0.1) is 11.8 Å². The summed E-state index contributed by atoms with van der Waals surface area (Å²) in [6.07, 6.45) is 2.98. The minimum absolute atomic E-state index is 0.117. The third kappa shape index (κ3) is 5.56. The fourth-order valence-corrected chi connectivity index (χ4v) is 3.88. The van der Waals surface area contributed by atoms with Crippen LogP contribution in [0.3, 0.4) is 0 Å². The number of ether oxygens (including phenoxy) is 5. The first kappa shape index (κ1) is 20.9. The number of methoxy groups -OCH3 is 2. The van der Waals surface area contributed by atoms with Crippen LogP contribution >= 0.6 is 0 Å². The van der Waals surface area contributed by atoms with E-state index in [9.17, 15) is 9.59 Å². The highest BCUT2D eigenvalue weighted by molar-refractivity contribution is 5.81. The topological polar surface area (TPSA) is 83.5 Å². The Morgan fingerprint density at radius 2 is 1.88 bits per heavy atom.